The first-order chi connectivity index (χ1) is 33.3. The Labute approximate surface area is 412 Å². The van der Waals surface area contributed by atoms with E-state index in [1.807, 2.05) is 11.4 Å². The normalized spacial score (nSPS) is 13.2. The fourth-order valence-corrected chi connectivity index (χ4v) is 8.71. The maximum Gasteiger partial charge on any atom is 0.412 e. The zero-order valence-corrected chi connectivity index (χ0v) is 41.9. The fraction of sp³-hybridized carbons (Fsp3) is 0.314. The molecule has 0 aliphatic heterocycles. The van der Waals surface area contributed by atoms with Crippen LogP contribution in [0.2, 0.25) is 0 Å². The van der Waals surface area contributed by atoms with E-state index >= 15 is 0 Å². The van der Waals surface area contributed by atoms with Crippen LogP contribution in [-0.4, -0.2) is 72.9 Å². The molecule has 0 saturated heterocycles. The first kappa shape index (κ1) is 53.4. The molecule has 1 unspecified atom stereocenters. The summed E-state index contributed by atoms with van der Waals surface area (Å²) in [5.74, 6) is -6.60. The number of carbonyl (C=O) groups excluding carboxylic acids is 3. The third-order valence-corrected chi connectivity index (χ3v) is 14.2. The molecule has 0 bridgehead atoms. The van der Waals surface area contributed by atoms with Gasteiger partial charge in [-0.2, -0.15) is 16.8 Å². The maximum atomic E-state index is 14.3. The molecule has 0 aromatic heterocycles. The third kappa shape index (κ3) is 12.3. The lowest BCUT2D eigenvalue weighted by atomic mass is 9.76. The molecule has 6 rings (SSSR count). The molecule has 6 aromatic carbocycles. The number of nitrogens with one attached hydrogen (secondary N) is 3. The summed E-state index contributed by atoms with van der Waals surface area (Å²) in [4.78, 5) is 38.4. The van der Waals surface area contributed by atoms with Gasteiger partial charge in [0.1, 0.15) is 22.1 Å². The van der Waals surface area contributed by atoms with Gasteiger partial charge in [-0.3, -0.25) is 23.5 Å². The number of nitrogens with zero attached hydrogens (tertiary/aromatic N) is 2. The zero-order chi connectivity index (χ0) is 52.1. The van der Waals surface area contributed by atoms with E-state index in [4.69, 9.17) is 9.47 Å². The largest absolute Gasteiger partial charge is 0.506 e. The van der Waals surface area contributed by atoms with Crippen molar-refractivity contribution in [1.82, 2.24) is 5.32 Å². The number of hydrogen-bond donors (Lipinski definition) is 7. The van der Waals surface area contributed by atoms with E-state index in [1.54, 1.807) is 36.4 Å². The Bertz CT molecular complexity index is 3280. The summed E-state index contributed by atoms with van der Waals surface area (Å²) in [6.45, 7) is 14.9. The van der Waals surface area contributed by atoms with E-state index in [9.17, 15) is 50.5 Å². The topological polar surface area (TPSA) is 280 Å². The van der Waals surface area contributed by atoms with Crippen LogP contribution in [0.25, 0.3) is 21.5 Å². The van der Waals surface area contributed by atoms with Crippen LogP contribution in [0.3, 0.4) is 0 Å². The molecule has 1 atom stereocenters. The van der Waals surface area contributed by atoms with Gasteiger partial charge >= 0.3 is 11.8 Å². The Morgan fingerprint density at radius 1 is 0.718 bits per heavy atom. The number of hydrogen-bond acceptors (Lipinski definition) is 13. The number of fused-ring (bicyclic) bond motifs is 2. The average Bonchev–Trinajstić information content (AvgIpc) is 3.31. The van der Waals surface area contributed by atoms with Crippen LogP contribution in [0, 0.1) is 0 Å². The third-order valence-electron chi connectivity index (χ3n) is 12.4. The summed E-state index contributed by atoms with van der Waals surface area (Å²) in [5, 5.41) is 40.1. The lowest BCUT2D eigenvalue weighted by Crippen LogP contribution is -2.46. The number of unbranched alkanes of at least 4 members (excludes halogenated alkanes) is 1. The van der Waals surface area contributed by atoms with E-state index in [2.05, 4.69) is 74.5 Å². The van der Waals surface area contributed by atoms with E-state index < -0.39 is 70.8 Å². The molecule has 0 saturated carbocycles. The molecule has 20 heteroatoms. The molecule has 6 aromatic rings. The van der Waals surface area contributed by atoms with Gasteiger partial charge in [0, 0.05) is 35.2 Å². The first-order valence-corrected chi connectivity index (χ1v) is 25.5. The molecule has 0 fully saturated rings. The number of rotatable bonds is 20. The van der Waals surface area contributed by atoms with Crippen molar-refractivity contribution in [3.05, 3.63) is 120 Å². The minimum Gasteiger partial charge on any atom is -0.506 e. The molecular formula is C51H57N5O13S2. The van der Waals surface area contributed by atoms with Gasteiger partial charge in [-0.1, -0.05) is 102 Å². The maximum absolute atomic E-state index is 14.3. The summed E-state index contributed by atoms with van der Waals surface area (Å²) < 4.78 is 80.9. The lowest BCUT2D eigenvalue weighted by molar-refractivity contribution is -0.168. The number of phenols is 1. The molecule has 3 amide bonds. The second kappa shape index (κ2) is 21.2. The summed E-state index contributed by atoms with van der Waals surface area (Å²) in [7, 11) is -10.2. The molecule has 18 nitrogen and oxygen atoms in total. The van der Waals surface area contributed by atoms with Crippen LogP contribution in [0.15, 0.2) is 123 Å². The van der Waals surface area contributed by atoms with Gasteiger partial charge in [-0.05, 0) is 89.9 Å². The highest BCUT2D eigenvalue weighted by atomic mass is 32.2. The lowest BCUT2D eigenvalue weighted by Gasteiger charge is -2.30. The van der Waals surface area contributed by atoms with Crippen LogP contribution in [-0.2, 0) is 40.7 Å². The van der Waals surface area contributed by atoms with E-state index in [-0.39, 0.29) is 45.1 Å². The van der Waals surface area contributed by atoms with Gasteiger partial charge in [-0.25, -0.2) is 0 Å². The Morgan fingerprint density at radius 3 is 2.04 bits per heavy atom. The summed E-state index contributed by atoms with van der Waals surface area (Å²) in [6.07, 6.45) is 2.89. The highest BCUT2D eigenvalue weighted by molar-refractivity contribution is 7.86. The monoisotopic (exact) mass is 1010 g/mol. The van der Waals surface area contributed by atoms with Crippen molar-refractivity contribution in [3.8, 4) is 17.2 Å². The van der Waals surface area contributed by atoms with Crippen molar-refractivity contribution in [3.63, 3.8) is 0 Å². The predicted octanol–water partition coefficient (Wildman–Crippen LogP) is 9.56. The number of aromatic hydroxyl groups is 1. The standard InChI is InChI=1S/C51H57N5O13S2/c1-8-49(4,5)33-22-24-42(38(28-33)50(6,7)9-2)68-27-13-12-26-52-47(59)37-30-43(35-18-10-11-19-36(35)46(37)58)69-51(61,48(60)54-41-29-34(70(62,63)64)23-25-44(41)71(65,66)67)56-55-40-21-15-17-32-16-14-20-39(45(32)40)53-31(3)57/h10-11,14-25,28-30,58,61H,8-9,12-13,26-27H2,1-7H3,(H,52,59)(H,53,57)(H,54,60)(H,62,63,64)(H,65,66,67). The Balaban J connectivity index is 1.33. The zero-order valence-electron chi connectivity index (χ0n) is 40.2. The molecule has 376 valence electrons. The van der Waals surface area contributed by atoms with Crippen molar-refractivity contribution in [2.45, 2.75) is 101 Å². The molecule has 7 N–H and O–H groups in total. The van der Waals surface area contributed by atoms with Crippen LogP contribution >= 0.6 is 0 Å². The molecule has 0 heterocycles. The van der Waals surface area contributed by atoms with E-state index in [0.717, 1.165) is 30.2 Å². The Morgan fingerprint density at radius 2 is 1.39 bits per heavy atom. The molecule has 0 aliphatic carbocycles. The molecule has 0 spiro atoms. The van der Waals surface area contributed by atoms with Crippen molar-refractivity contribution in [2.24, 2.45) is 10.2 Å². The fourth-order valence-electron chi connectivity index (χ4n) is 7.57. The Hall–Kier alpha value is -6.97. The molecule has 71 heavy (non-hydrogen) atoms. The number of anilines is 2. The van der Waals surface area contributed by atoms with Crippen molar-refractivity contribution in [2.75, 3.05) is 23.8 Å². The number of ether oxygens (including phenoxy) is 2. The highest BCUT2D eigenvalue weighted by Crippen LogP contribution is 2.41. The predicted molar refractivity (Wildman–Crippen MR) is 269 cm³/mol. The number of aliphatic hydroxyl groups is 1. The van der Waals surface area contributed by atoms with Gasteiger partial charge in [0.05, 0.1) is 34.1 Å². The summed E-state index contributed by atoms with van der Waals surface area (Å²) >= 11 is 0. The minimum atomic E-state index is -5.21. The van der Waals surface area contributed by atoms with Crippen LogP contribution in [0.4, 0.5) is 17.1 Å². The SMILES string of the molecule is CCC(C)(C)c1ccc(OCCCCNC(=O)c2cc(OC(O)(N=Nc3cccc4cccc(NC(C)=O)c34)C(=O)Nc3cc(S(=O)(=O)O)ccc3S(=O)(=O)O)c3ccccc3c2O)c(C(C)(C)CC)c1. The van der Waals surface area contributed by atoms with Gasteiger partial charge in [0.2, 0.25) is 5.91 Å². The quantitative estimate of drug-likeness (QED) is 0.0163. The van der Waals surface area contributed by atoms with E-state index in [1.165, 1.54) is 36.8 Å². The molecule has 0 radical (unpaired) electrons. The van der Waals surface area contributed by atoms with Crippen LogP contribution in [0.5, 0.6) is 17.2 Å². The summed E-state index contributed by atoms with van der Waals surface area (Å²) in [5.41, 5.74) is 1.15. The van der Waals surface area contributed by atoms with Gasteiger partial charge in [0.25, 0.3) is 26.1 Å². The average molecular weight is 1010 g/mol. The minimum absolute atomic E-state index is 0.0103. The number of amides is 3. The van der Waals surface area contributed by atoms with Crippen molar-refractivity contribution >= 4 is 76.6 Å². The number of azo groups is 1. The molecular weight excluding hydrogens is 955 g/mol. The van der Waals surface area contributed by atoms with Crippen molar-refractivity contribution < 1.29 is 60.0 Å². The molecule has 0 aliphatic rings. The van der Waals surface area contributed by atoms with Crippen LogP contribution in [0.1, 0.15) is 95.6 Å². The second-order valence-corrected chi connectivity index (χ2v) is 21.0. The number of phenolic OH excluding ortho intramolecular Hbond substituents is 1. The van der Waals surface area contributed by atoms with Gasteiger partial charge < -0.3 is 35.6 Å². The van der Waals surface area contributed by atoms with Crippen LogP contribution < -0.4 is 25.4 Å². The number of benzene rings is 6. The van der Waals surface area contributed by atoms with Gasteiger partial charge in [0.15, 0.2) is 0 Å². The van der Waals surface area contributed by atoms with Gasteiger partial charge in [-0.15, -0.1) is 10.2 Å². The van der Waals surface area contributed by atoms with E-state index in [0.29, 0.717) is 48.4 Å². The summed E-state index contributed by atoms with van der Waals surface area (Å²) in [6, 6.07) is 24.7. The van der Waals surface area contributed by atoms with Crippen molar-refractivity contribution in [1.29, 1.82) is 0 Å². The highest BCUT2D eigenvalue weighted by Gasteiger charge is 2.42. The second-order valence-electron chi connectivity index (χ2n) is 18.1. The first-order valence-electron chi connectivity index (χ1n) is 22.6. The smallest absolute Gasteiger partial charge is 0.412 e. The number of carbonyl (C=O) groups is 3. The Kier molecular flexibility index (Phi) is 15.9.